The molecule has 0 spiro atoms. The molecule has 0 radical (unpaired) electrons. The molecule has 0 atom stereocenters. The molecule has 0 amide bonds. The topological polar surface area (TPSA) is 35.5 Å². The molecule has 0 bridgehead atoms. The summed E-state index contributed by atoms with van der Waals surface area (Å²) in [5, 5.41) is 0. The normalized spacial score (nSPS) is 14.9. The van der Waals surface area contributed by atoms with Crippen LogP contribution in [0, 0.1) is 11.8 Å². The zero-order valence-corrected chi connectivity index (χ0v) is 9.49. The number of hydrogen-bond donors (Lipinski definition) is 0. The van der Waals surface area contributed by atoms with E-state index in [-0.39, 0.29) is 6.61 Å². The number of hydrogen-bond acceptors (Lipinski definition) is 3. The maximum absolute atomic E-state index is 10.6. The van der Waals surface area contributed by atoms with Crippen LogP contribution in [0.1, 0.15) is 25.7 Å². The summed E-state index contributed by atoms with van der Waals surface area (Å²) in [6, 6.07) is 0. The van der Waals surface area contributed by atoms with Gasteiger partial charge in [0.25, 0.3) is 0 Å². The van der Waals surface area contributed by atoms with E-state index < -0.39 is 6.16 Å². The molecule has 0 N–H and O–H groups in total. The number of allylic oxidation sites excluding steroid dienone is 3. The molecular weight excluding hydrogens is 204 g/mol. The second kappa shape index (κ2) is 7.58. The molecule has 0 saturated carbocycles. The quantitative estimate of drug-likeness (QED) is 0.530. The Hall–Kier alpha value is -1.69. The van der Waals surface area contributed by atoms with Crippen molar-refractivity contribution in [3.8, 4) is 11.8 Å². The summed E-state index contributed by atoms with van der Waals surface area (Å²) in [6.07, 6.45) is 9.62. The summed E-state index contributed by atoms with van der Waals surface area (Å²) in [5.41, 5.74) is 1.21. The fourth-order valence-corrected chi connectivity index (χ4v) is 1.37. The van der Waals surface area contributed by atoms with E-state index in [1.165, 1.54) is 25.5 Å². The van der Waals surface area contributed by atoms with E-state index >= 15 is 0 Å². The lowest BCUT2D eigenvalue weighted by Crippen LogP contribution is -2.03. The minimum atomic E-state index is -0.674. The van der Waals surface area contributed by atoms with Gasteiger partial charge in [0.15, 0.2) is 0 Å². The van der Waals surface area contributed by atoms with Crippen molar-refractivity contribution >= 4 is 6.16 Å². The van der Waals surface area contributed by atoms with E-state index in [1.807, 2.05) is 0 Å². The summed E-state index contributed by atoms with van der Waals surface area (Å²) in [6.45, 7) is 0.195. The first-order valence-electron chi connectivity index (χ1n) is 5.39. The van der Waals surface area contributed by atoms with E-state index in [4.69, 9.17) is 0 Å². The lowest BCUT2D eigenvalue weighted by Gasteiger charge is -2.05. The molecule has 0 aromatic heterocycles. The highest BCUT2D eigenvalue weighted by molar-refractivity contribution is 5.59. The van der Waals surface area contributed by atoms with Gasteiger partial charge >= 0.3 is 6.16 Å². The van der Waals surface area contributed by atoms with Crippen LogP contribution in [0.4, 0.5) is 4.79 Å². The first-order chi connectivity index (χ1) is 7.83. The minimum Gasteiger partial charge on any atom is -0.438 e. The van der Waals surface area contributed by atoms with E-state index in [0.717, 1.165) is 12.8 Å². The van der Waals surface area contributed by atoms with Gasteiger partial charge in [-0.05, 0) is 43.4 Å². The SMILES string of the molecule is COC(=O)OC/C=C/C#CC1=CCCCC1. The molecule has 1 rings (SSSR count). The summed E-state index contributed by atoms with van der Waals surface area (Å²) in [4.78, 5) is 10.6. The third kappa shape index (κ3) is 5.26. The predicted molar refractivity (Wildman–Crippen MR) is 61.8 cm³/mol. The second-order valence-corrected chi connectivity index (χ2v) is 3.41. The van der Waals surface area contributed by atoms with Crippen LogP contribution in [-0.2, 0) is 9.47 Å². The molecular formula is C13H16O3. The Morgan fingerprint density at radius 1 is 1.56 bits per heavy atom. The fraction of sp³-hybridized carbons (Fsp3) is 0.462. The zero-order valence-electron chi connectivity index (χ0n) is 9.49. The van der Waals surface area contributed by atoms with E-state index in [9.17, 15) is 4.79 Å². The van der Waals surface area contributed by atoms with Crippen molar-refractivity contribution in [3.05, 3.63) is 23.8 Å². The van der Waals surface area contributed by atoms with Crippen LogP contribution in [0.5, 0.6) is 0 Å². The number of carbonyl (C=O) groups is 1. The number of rotatable bonds is 2. The molecule has 0 aromatic carbocycles. The van der Waals surface area contributed by atoms with Crippen molar-refractivity contribution in [2.75, 3.05) is 13.7 Å². The van der Waals surface area contributed by atoms with Crippen molar-refractivity contribution < 1.29 is 14.3 Å². The average molecular weight is 220 g/mol. The zero-order chi connectivity index (χ0) is 11.6. The highest BCUT2D eigenvalue weighted by atomic mass is 16.7. The fourth-order valence-electron chi connectivity index (χ4n) is 1.37. The highest BCUT2D eigenvalue weighted by Gasteiger charge is 1.98. The molecule has 0 fully saturated rings. The van der Waals surface area contributed by atoms with Gasteiger partial charge in [0.2, 0.25) is 0 Å². The Morgan fingerprint density at radius 3 is 3.12 bits per heavy atom. The number of methoxy groups -OCH3 is 1. The Morgan fingerprint density at radius 2 is 2.44 bits per heavy atom. The van der Waals surface area contributed by atoms with Gasteiger partial charge < -0.3 is 9.47 Å². The predicted octanol–water partition coefficient (Wildman–Crippen LogP) is 2.83. The average Bonchev–Trinajstić information content (AvgIpc) is 2.34. The Kier molecular flexibility index (Phi) is 5.87. The first kappa shape index (κ1) is 12.4. The monoisotopic (exact) mass is 220 g/mol. The highest BCUT2D eigenvalue weighted by Crippen LogP contribution is 2.15. The van der Waals surface area contributed by atoms with Crippen molar-refractivity contribution in [2.45, 2.75) is 25.7 Å². The molecule has 3 heteroatoms. The van der Waals surface area contributed by atoms with Crippen LogP contribution >= 0.6 is 0 Å². The third-order valence-electron chi connectivity index (χ3n) is 2.19. The van der Waals surface area contributed by atoms with Crippen molar-refractivity contribution in [2.24, 2.45) is 0 Å². The molecule has 0 saturated heterocycles. The van der Waals surface area contributed by atoms with E-state index in [1.54, 1.807) is 12.2 Å². The summed E-state index contributed by atoms with van der Waals surface area (Å²) in [7, 11) is 1.28. The van der Waals surface area contributed by atoms with Crippen LogP contribution in [0.2, 0.25) is 0 Å². The Balaban J connectivity index is 2.23. The van der Waals surface area contributed by atoms with Gasteiger partial charge in [-0.2, -0.15) is 0 Å². The molecule has 86 valence electrons. The van der Waals surface area contributed by atoms with Gasteiger partial charge in [-0.3, -0.25) is 0 Å². The first-order valence-corrected chi connectivity index (χ1v) is 5.39. The molecule has 0 unspecified atom stereocenters. The van der Waals surface area contributed by atoms with Gasteiger partial charge in [0.1, 0.15) is 6.61 Å². The molecule has 0 aliphatic heterocycles. The van der Waals surface area contributed by atoms with E-state index in [0.29, 0.717) is 0 Å². The molecule has 16 heavy (non-hydrogen) atoms. The molecule has 1 aliphatic rings. The van der Waals surface area contributed by atoms with Crippen molar-refractivity contribution in [3.63, 3.8) is 0 Å². The molecule has 0 aromatic rings. The summed E-state index contributed by atoms with van der Waals surface area (Å²) >= 11 is 0. The largest absolute Gasteiger partial charge is 0.508 e. The number of carbonyl (C=O) groups excluding carboxylic acids is 1. The minimum absolute atomic E-state index is 0.195. The maximum atomic E-state index is 10.6. The third-order valence-corrected chi connectivity index (χ3v) is 2.19. The van der Waals surface area contributed by atoms with Gasteiger partial charge in [0, 0.05) is 0 Å². The van der Waals surface area contributed by atoms with Crippen LogP contribution in [0.3, 0.4) is 0 Å². The summed E-state index contributed by atoms with van der Waals surface area (Å²) in [5.74, 6) is 5.99. The Labute approximate surface area is 96.1 Å². The van der Waals surface area contributed by atoms with Crippen molar-refractivity contribution in [1.29, 1.82) is 0 Å². The van der Waals surface area contributed by atoms with Crippen LogP contribution < -0.4 is 0 Å². The molecule has 1 aliphatic carbocycles. The smallest absolute Gasteiger partial charge is 0.438 e. The van der Waals surface area contributed by atoms with Crippen molar-refractivity contribution in [1.82, 2.24) is 0 Å². The van der Waals surface area contributed by atoms with Crippen LogP contribution in [0.15, 0.2) is 23.8 Å². The Bertz CT molecular complexity index is 342. The second-order valence-electron chi connectivity index (χ2n) is 3.41. The van der Waals surface area contributed by atoms with Gasteiger partial charge in [-0.1, -0.05) is 17.9 Å². The van der Waals surface area contributed by atoms with Gasteiger partial charge in [-0.25, -0.2) is 4.79 Å². The standard InChI is InChI=1S/C13H16O3/c1-15-13(14)16-11-7-3-6-10-12-8-4-2-5-9-12/h3,7-8H,2,4-5,9,11H2,1H3/b7-3+. The summed E-state index contributed by atoms with van der Waals surface area (Å²) < 4.78 is 8.96. The molecule has 0 heterocycles. The van der Waals surface area contributed by atoms with Crippen LogP contribution in [-0.4, -0.2) is 19.9 Å². The van der Waals surface area contributed by atoms with Crippen LogP contribution in [0.25, 0.3) is 0 Å². The lowest BCUT2D eigenvalue weighted by atomic mass is 10.0. The van der Waals surface area contributed by atoms with E-state index in [2.05, 4.69) is 27.4 Å². The van der Waals surface area contributed by atoms with Gasteiger partial charge in [-0.15, -0.1) is 0 Å². The lowest BCUT2D eigenvalue weighted by molar-refractivity contribution is 0.0818. The van der Waals surface area contributed by atoms with Gasteiger partial charge in [0.05, 0.1) is 7.11 Å². The maximum Gasteiger partial charge on any atom is 0.508 e. The molecule has 3 nitrogen and oxygen atoms in total. The number of ether oxygens (including phenoxy) is 2.